The maximum Gasteiger partial charge on any atom is 0.425 e. The van der Waals surface area contributed by atoms with Crippen LogP contribution in [0.25, 0.3) is 0 Å². The van der Waals surface area contributed by atoms with Gasteiger partial charge in [0.1, 0.15) is 5.75 Å². The molecule has 1 saturated heterocycles. The lowest BCUT2D eigenvalue weighted by Crippen LogP contribution is -2.49. The molecular formula is C18H23F3N2O5. The number of hydrogen-bond acceptors (Lipinski definition) is 5. The van der Waals surface area contributed by atoms with E-state index >= 15 is 0 Å². The fraction of sp³-hybridized carbons (Fsp3) is 0.556. The first-order valence-electron chi connectivity index (χ1n) is 8.75. The van der Waals surface area contributed by atoms with E-state index in [9.17, 15) is 22.8 Å². The first kappa shape index (κ1) is 21.8. The van der Waals surface area contributed by atoms with E-state index in [1.807, 2.05) is 24.0 Å². The number of halogens is 3. The van der Waals surface area contributed by atoms with Crippen LogP contribution in [0, 0.1) is 6.92 Å². The number of alkyl halides is 3. The highest BCUT2D eigenvalue weighted by Crippen LogP contribution is 2.24. The number of piperazine rings is 1. The molecule has 1 aliphatic heterocycles. The summed E-state index contributed by atoms with van der Waals surface area (Å²) in [5, 5.41) is 8.80. The minimum Gasteiger partial charge on any atom is -0.482 e. The van der Waals surface area contributed by atoms with Crippen molar-refractivity contribution < 1.29 is 37.3 Å². The molecule has 0 aromatic heterocycles. The van der Waals surface area contributed by atoms with E-state index in [1.165, 1.54) is 4.90 Å². The molecule has 28 heavy (non-hydrogen) atoms. The standard InChI is InChI=1S/C18H23F3N2O5/c1-12-3-4-14(15(9-12)27-11-16(24)25)10-22-5-7-23(8-6-22)17(26)28-13(2)18(19,20)21/h3-4,9,13H,5-8,10-11H2,1-2H3,(H,24,25). The fourth-order valence-corrected chi connectivity index (χ4v) is 2.69. The molecule has 1 N–H and O–H groups in total. The molecule has 0 spiro atoms. The number of carbonyl (C=O) groups excluding carboxylic acids is 1. The van der Waals surface area contributed by atoms with E-state index in [-0.39, 0.29) is 13.1 Å². The van der Waals surface area contributed by atoms with Gasteiger partial charge in [0.25, 0.3) is 0 Å². The summed E-state index contributed by atoms with van der Waals surface area (Å²) in [6, 6.07) is 5.48. The maximum absolute atomic E-state index is 12.5. The molecule has 1 unspecified atom stereocenters. The lowest BCUT2D eigenvalue weighted by Gasteiger charge is -2.35. The van der Waals surface area contributed by atoms with Crippen molar-refractivity contribution in [3.8, 4) is 5.75 Å². The van der Waals surface area contributed by atoms with Gasteiger partial charge in [0.2, 0.25) is 0 Å². The van der Waals surface area contributed by atoms with Gasteiger partial charge in [0.05, 0.1) is 0 Å². The summed E-state index contributed by atoms with van der Waals surface area (Å²) in [7, 11) is 0. The first-order valence-corrected chi connectivity index (χ1v) is 8.75. The van der Waals surface area contributed by atoms with E-state index in [1.54, 1.807) is 6.07 Å². The number of benzene rings is 1. The second-order valence-electron chi connectivity index (χ2n) is 6.62. The molecule has 0 aliphatic carbocycles. The van der Waals surface area contributed by atoms with Gasteiger partial charge < -0.3 is 19.5 Å². The highest BCUT2D eigenvalue weighted by atomic mass is 19.4. The number of rotatable bonds is 6. The van der Waals surface area contributed by atoms with E-state index < -0.39 is 30.9 Å². The zero-order valence-electron chi connectivity index (χ0n) is 15.7. The second kappa shape index (κ2) is 9.13. The largest absolute Gasteiger partial charge is 0.482 e. The van der Waals surface area contributed by atoms with Crippen LogP contribution in [-0.2, 0) is 16.1 Å². The van der Waals surface area contributed by atoms with Crippen molar-refractivity contribution in [2.45, 2.75) is 32.7 Å². The predicted octanol–water partition coefficient (Wildman–Crippen LogP) is 2.66. The highest BCUT2D eigenvalue weighted by molar-refractivity contribution is 5.68. The molecule has 2 rings (SSSR count). The molecule has 7 nitrogen and oxygen atoms in total. The summed E-state index contributed by atoms with van der Waals surface area (Å²) in [5.74, 6) is -0.601. The summed E-state index contributed by atoms with van der Waals surface area (Å²) in [4.78, 5) is 25.9. The molecule has 1 aromatic carbocycles. The van der Waals surface area contributed by atoms with Gasteiger partial charge in [-0.25, -0.2) is 9.59 Å². The lowest BCUT2D eigenvalue weighted by molar-refractivity contribution is -0.200. The molecule has 1 aromatic rings. The molecule has 0 bridgehead atoms. The Morgan fingerprint density at radius 1 is 1.21 bits per heavy atom. The van der Waals surface area contributed by atoms with Crippen molar-refractivity contribution in [3.05, 3.63) is 29.3 Å². The van der Waals surface area contributed by atoms with Crippen molar-refractivity contribution in [2.75, 3.05) is 32.8 Å². The number of carboxylic acids is 1. The van der Waals surface area contributed by atoms with Crippen molar-refractivity contribution in [2.24, 2.45) is 0 Å². The lowest BCUT2D eigenvalue weighted by atomic mass is 10.1. The number of aryl methyl sites for hydroxylation is 1. The van der Waals surface area contributed by atoms with Crippen molar-refractivity contribution >= 4 is 12.1 Å². The number of aliphatic carboxylic acids is 1. The van der Waals surface area contributed by atoms with Gasteiger partial charge in [0.15, 0.2) is 12.7 Å². The zero-order chi connectivity index (χ0) is 20.9. The summed E-state index contributed by atoms with van der Waals surface area (Å²) < 4.78 is 47.3. The van der Waals surface area contributed by atoms with Crippen LogP contribution in [0.4, 0.5) is 18.0 Å². The summed E-state index contributed by atoms with van der Waals surface area (Å²) in [5.41, 5.74) is 1.73. The SMILES string of the molecule is Cc1ccc(CN2CCN(C(=O)OC(C)C(F)(F)F)CC2)c(OCC(=O)O)c1. The maximum atomic E-state index is 12.5. The Labute approximate surface area is 160 Å². The van der Waals surface area contributed by atoms with Crippen LogP contribution in [-0.4, -0.2) is 72.0 Å². The average Bonchev–Trinajstić information content (AvgIpc) is 2.61. The molecule has 1 atom stereocenters. The van der Waals surface area contributed by atoms with E-state index in [0.29, 0.717) is 25.4 Å². The van der Waals surface area contributed by atoms with E-state index in [2.05, 4.69) is 4.74 Å². The van der Waals surface area contributed by atoms with Crippen LogP contribution >= 0.6 is 0 Å². The third-order valence-corrected chi connectivity index (χ3v) is 4.34. The summed E-state index contributed by atoms with van der Waals surface area (Å²) in [6.45, 7) is 4.04. The Bertz CT molecular complexity index is 703. The Balaban J connectivity index is 1.90. The number of hydrogen-bond donors (Lipinski definition) is 1. The second-order valence-corrected chi connectivity index (χ2v) is 6.62. The molecule has 10 heteroatoms. The third-order valence-electron chi connectivity index (χ3n) is 4.34. The molecule has 1 aliphatic rings. The Morgan fingerprint density at radius 2 is 1.86 bits per heavy atom. The topological polar surface area (TPSA) is 79.3 Å². The van der Waals surface area contributed by atoms with Gasteiger partial charge >= 0.3 is 18.2 Å². The molecule has 156 valence electrons. The van der Waals surface area contributed by atoms with Crippen LogP contribution in [0.1, 0.15) is 18.1 Å². The number of ether oxygens (including phenoxy) is 2. The van der Waals surface area contributed by atoms with Gasteiger partial charge in [-0.3, -0.25) is 4.90 Å². The van der Waals surface area contributed by atoms with Crippen LogP contribution in [0.2, 0.25) is 0 Å². The monoisotopic (exact) mass is 404 g/mol. The van der Waals surface area contributed by atoms with Crippen LogP contribution in [0.5, 0.6) is 5.75 Å². The average molecular weight is 404 g/mol. The van der Waals surface area contributed by atoms with Crippen molar-refractivity contribution in [3.63, 3.8) is 0 Å². The smallest absolute Gasteiger partial charge is 0.425 e. The van der Waals surface area contributed by atoms with Gasteiger partial charge in [-0.05, 0) is 25.5 Å². The van der Waals surface area contributed by atoms with E-state index in [0.717, 1.165) is 18.1 Å². The number of carbonyl (C=O) groups is 2. The van der Waals surface area contributed by atoms with Gasteiger partial charge in [0, 0.05) is 38.3 Å². The van der Waals surface area contributed by atoms with Crippen LogP contribution < -0.4 is 4.74 Å². The number of carboxylic acid groups (broad SMARTS) is 1. The summed E-state index contributed by atoms with van der Waals surface area (Å²) >= 11 is 0. The Hall–Kier alpha value is -2.49. The zero-order valence-corrected chi connectivity index (χ0v) is 15.7. The fourth-order valence-electron chi connectivity index (χ4n) is 2.69. The predicted molar refractivity (Wildman–Crippen MR) is 93.2 cm³/mol. The Kier molecular flexibility index (Phi) is 7.11. The van der Waals surface area contributed by atoms with Crippen molar-refractivity contribution in [1.82, 2.24) is 9.80 Å². The summed E-state index contributed by atoms with van der Waals surface area (Å²) in [6.07, 6.45) is -7.72. The molecule has 0 saturated carbocycles. The van der Waals surface area contributed by atoms with E-state index in [4.69, 9.17) is 9.84 Å². The molecule has 1 heterocycles. The number of nitrogens with zero attached hydrogens (tertiary/aromatic N) is 2. The third kappa shape index (κ3) is 6.29. The molecular weight excluding hydrogens is 381 g/mol. The molecule has 0 radical (unpaired) electrons. The quantitative estimate of drug-likeness (QED) is 0.786. The van der Waals surface area contributed by atoms with Crippen LogP contribution in [0.15, 0.2) is 18.2 Å². The number of amides is 1. The highest BCUT2D eigenvalue weighted by Gasteiger charge is 2.40. The minimum atomic E-state index is -4.59. The normalized spacial score (nSPS) is 16.5. The van der Waals surface area contributed by atoms with Gasteiger partial charge in [-0.15, -0.1) is 0 Å². The molecule has 1 amide bonds. The van der Waals surface area contributed by atoms with Crippen LogP contribution in [0.3, 0.4) is 0 Å². The van der Waals surface area contributed by atoms with Gasteiger partial charge in [-0.2, -0.15) is 13.2 Å². The van der Waals surface area contributed by atoms with Crippen molar-refractivity contribution in [1.29, 1.82) is 0 Å². The molecule has 1 fully saturated rings. The Morgan fingerprint density at radius 3 is 2.43 bits per heavy atom. The van der Waals surface area contributed by atoms with Gasteiger partial charge in [-0.1, -0.05) is 12.1 Å². The first-order chi connectivity index (χ1) is 13.1. The minimum absolute atomic E-state index is 0.237.